The molecule has 2 aromatic carbocycles. The molecule has 0 bridgehead atoms. The highest BCUT2D eigenvalue weighted by atomic mass is 32.2. The van der Waals surface area contributed by atoms with Crippen LogP contribution in [0.3, 0.4) is 0 Å². The second-order valence-corrected chi connectivity index (χ2v) is 8.61. The number of aryl methyl sites for hydroxylation is 1. The van der Waals surface area contributed by atoms with Gasteiger partial charge in [0.15, 0.2) is 9.84 Å². The number of halogens is 1. The van der Waals surface area contributed by atoms with Gasteiger partial charge in [-0.05, 0) is 48.6 Å². The molecule has 0 fully saturated rings. The van der Waals surface area contributed by atoms with Crippen LogP contribution < -0.4 is 4.74 Å². The fraction of sp³-hybridized carbons (Fsp3) is 0.200. The molecular formula is C20H18FNO5S. The Morgan fingerprint density at radius 1 is 1.21 bits per heavy atom. The Morgan fingerprint density at radius 3 is 2.54 bits per heavy atom. The normalized spacial score (nSPS) is 11.6. The van der Waals surface area contributed by atoms with Crippen molar-refractivity contribution in [1.29, 1.82) is 0 Å². The van der Waals surface area contributed by atoms with Gasteiger partial charge in [0.1, 0.15) is 11.6 Å². The van der Waals surface area contributed by atoms with E-state index in [0.29, 0.717) is 27.5 Å². The van der Waals surface area contributed by atoms with Crippen molar-refractivity contribution in [3.63, 3.8) is 0 Å². The number of sulfone groups is 1. The maximum Gasteiger partial charge on any atom is 0.307 e. The summed E-state index contributed by atoms with van der Waals surface area (Å²) in [7, 11) is -3.42. The molecule has 3 aromatic rings. The molecule has 0 radical (unpaired) electrons. The molecule has 0 aliphatic carbocycles. The molecule has 0 unspecified atom stereocenters. The summed E-state index contributed by atoms with van der Waals surface area (Å²) >= 11 is 0. The second kappa shape index (κ2) is 7.20. The molecule has 0 saturated heterocycles. The molecule has 6 nitrogen and oxygen atoms in total. The predicted molar refractivity (Wildman–Crippen MR) is 102 cm³/mol. The lowest BCUT2D eigenvalue weighted by molar-refractivity contribution is -0.136. The lowest BCUT2D eigenvalue weighted by Crippen LogP contribution is -2.05. The Balaban J connectivity index is 2.17. The Morgan fingerprint density at radius 2 is 1.93 bits per heavy atom. The van der Waals surface area contributed by atoms with Crippen LogP contribution in [0.5, 0.6) is 11.6 Å². The fourth-order valence-electron chi connectivity index (χ4n) is 2.92. The third-order valence-corrected chi connectivity index (χ3v) is 5.47. The van der Waals surface area contributed by atoms with Crippen LogP contribution in [-0.2, 0) is 21.1 Å². The number of carbonyl (C=O) groups is 1. The van der Waals surface area contributed by atoms with E-state index in [2.05, 4.69) is 4.98 Å². The molecule has 0 aliphatic rings. The van der Waals surface area contributed by atoms with Crippen LogP contribution in [0.2, 0.25) is 0 Å². The zero-order chi connectivity index (χ0) is 20.6. The number of rotatable bonds is 5. The van der Waals surface area contributed by atoms with Gasteiger partial charge in [-0.3, -0.25) is 4.79 Å². The summed E-state index contributed by atoms with van der Waals surface area (Å²) in [6.07, 6.45) is 2.06. The van der Waals surface area contributed by atoms with E-state index in [1.807, 2.05) is 0 Å². The van der Waals surface area contributed by atoms with Crippen molar-refractivity contribution in [2.45, 2.75) is 25.2 Å². The summed E-state index contributed by atoms with van der Waals surface area (Å²) in [6.45, 7) is 3.34. The molecule has 0 atom stereocenters. The number of aromatic nitrogens is 1. The Hall–Kier alpha value is -3.00. The number of ether oxygens (including phenoxy) is 1. The van der Waals surface area contributed by atoms with Crippen LogP contribution in [-0.4, -0.2) is 30.7 Å². The van der Waals surface area contributed by atoms with Crippen LogP contribution in [0.4, 0.5) is 4.39 Å². The van der Waals surface area contributed by atoms with Crippen molar-refractivity contribution in [2.24, 2.45) is 0 Å². The van der Waals surface area contributed by atoms with Crippen LogP contribution >= 0.6 is 0 Å². The van der Waals surface area contributed by atoms with E-state index in [9.17, 15) is 17.6 Å². The quantitative estimate of drug-likeness (QED) is 0.696. The number of pyridine rings is 1. The summed E-state index contributed by atoms with van der Waals surface area (Å²) in [5.74, 6) is -1.01. The van der Waals surface area contributed by atoms with Gasteiger partial charge in [0.25, 0.3) is 0 Å². The summed E-state index contributed by atoms with van der Waals surface area (Å²) in [4.78, 5) is 15.3. The number of benzene rings is 2. The number of hydrogen-bond donors (Lipinski definition) is 1. The SMILES string of the molecule is Cc1cc(S(C)(=O)=O)cnc1Oc1c(C)c(CC(=O)O)cc2ccc(F)cc12. The molecule has 28 heavy (non-hydrogen) atoms. The van der Waals surface area contributed by atoms with Gasteiger partial charge in [0.05, 0.1) is 11.3 Å². The molecule has 0 aliphatic heterocycles. The average molecular weight is 403 g/mol. The summed E-state index contributed by atoms with van der Waals surface area (Å²) in [5, 5.41) is 10.3. The van der Waals surface area contributed by atoms with E-state index in [0.717, 1.165) is 6.26 Å². The van der Waals surface area contributed by atoms with E-state index in [4.69, 9.17) is 9.84 Å². The first-order valence-corrected chi connectivity index (χ1v) is 10.2. The van der Waals surface area contributed by atoms with Crippen molar-refractivity contribution >= 4 is 26.6 Å². The Bertz CT molecular complexity index is 1200. The van der Waals surface area contributed by atoms with E-state index in [1.54, 1.807) is 26.0 Å². The average Bonchev–Trinajstić information content (AvgIpc) is 2.59. The zero-order valence-corrected chi connectivity index (χ0v) is 16.3. The molecule has 3 rings (SSSR count). The van der Waals surface area contributed by atoms with E-state index in [-0.39, 0.29) is 22.9 Å². The van der Waals surface area contributed by atoms with E-state index >= 15 is 0 Å². The monoisotopic (exact) mass is 403 g/mol. The summed E-state index contributed by atoms with van der Waals surface area (Å²) < 4.78 is 43.1. The predicted octanol–water partition coefficient (Wildman–Crippen LogP) is 3.81. The van der Waals surface area contributed by atoms with Crippen molar-refractivity contribution in [2.75, 3.05) is 6.26 Å². The second-order valence-electron chi connectivity index (χ2n) is 6.59. The number of aliphatic carboxylic acids is 1. The number of fused-ring (bicyclic) bond motifs is 1. The third kappa shape index (κ3) is 3.96. The van der Waals surface area contributed by atoms with Crippen molar-refractivity contribution in [3.8, 4) is 11.6 Å². The molecule has 1 N–H and O–H groups in total. The van der Waals surface area contributed by atoms with Crippen molar-refractivity contribution in [1.82, 2.24) is 4.98 Å². The van der Waals surface area contributed by atoms with Crippen LogP contribution in [0, 0.1) is 19.7 Å². The van der Waals surface area contributed by atoms with Crippen molar-refractivity contribution in [3.05, 3.63) is 59.0 Å². The van der Waals surface area contributed by atoms with Crippen LogP contribution in [0.25, 0.3) is 10.8 Å². The van der Waals surface area contributed by atoms with Gasteiger partial charge in [-0.1, -0.05) is 12.1 Å². The van der Waals surface area contributed by atoms with Gasteiger partial charge in [0.2, 0.25) is 5.88 Å². The molecule has 8 heteroatoms. The fourth-order valence-corrected chi connectivity index (χ4v) is 3.55. The zero-order valence-electron chi connectivity index (χ0n) is 15.5. The van der Waals surface area contributed by atoms with Gasteiger partial charge in [-0.2, -0.15) is 0 Å². The van der Waals surface area contributed by atoms with Crippen LogP contribution in [0.1, 0.15) is 16.7 Å². The van der Waals surface area contributed by atoms with Gasteiger partial charge in [-0.25, -0.2) is 17.8 Å². The smallest absolute Gasteiger partial charge is 0.307 e. The summed E-state index contributed by atoms with van der Waals surface area (Å²) in [6, 6.07) is 7.28. The largest absolute Gasteiger partial charge is 0.481 e. The highest BCUT2D eigenvalue weighted by molar-refractivity contribution is 7.90. The van der Waals surface area contributed by atoms with Crippen LogP contribution in [0.15, 0.2) is 41.4 Å². The Kier molecular flexibility index (Phi) is 5.08. The minimum atomic E-state index is -3.42. The van der Waals surface area contributed by atoms with Gasteiger partial charge in [-0.15, -0.1) is 0 Å². The first-order valence-electron chi connectivity index (χ1n) is 8.34. The number of hydrogen-bond acceptors (Lipinski definition) is 5. The molecule has 0 spiro atoms. The molecule has 0 amide bonds. The number of carboxylic acid groups (broad SMARTS) is 1. The minimum Gasteiger partial charge on any atom is -0.481 e. The lowest BCUT2D eigenvalue weighted by atomic mass is 9.98. The first-order chi connectivity index (χ1) is 13.1. The maximum atomic E-state index is 13.8. The topological polar surface area (TPSA) is 93.6 Å². The third-order valence-electron chi connectivity index (χ3n) is 4.39. The molecular weight excluding hydrogens is 385 g/mol. The molecule has 0 saturated carbocycles. The summed E-state index contributed by atoms with van der Waals surface area (Å²) in [5.41, 5.74) is 1.57. The molecule has 1 heterocycles. The van der Waals surface area contributed by atoms with Gasteiger partial charge >= 0.3 is 5.97 Å². The maximum absolute atomic E-state index is 13.8. The van der Waals surface area contributed by atoms with Gasteiger partial charge < -0.3 is 9.84 Å². The number of nitrogens with zero attached hydrogens (tertiary/aromatic N) is 1. The van der Waals surface area contributed by atoms with Gasteiger partial charge in [0, 0.05) is 23.4 Å². The van der Waals surface area contributed by atoms with E-state index in [1.165, 1.54) is 24.4 Å². The highest BCUT2D eigenvalue weighted by Crippen LogP contribution is 2.37. The Labute approximate surface area is 161 Å². The lowest BCUT2D eigenvalue weighted by Gasteiger charge is -2.16. The highest BCUT2D eigenvalue weighted by Gasteiger charge is 2.17. The van der Waals surface area contributed by atoms with Crippen molar-refractivity contribution < 1.29 is 27.4 Å². The molecule has 146 valence electrons. The first kappa shape index (κ1) is 19.8. The number of carboxylic acids is 1. The minimum absolute atomic E-state index is 0.0598. The molecule has 1 aromatic heterocycles. The standard InChI is InChI=1S/C20H18FNO5S/c1-11-6-16(28(3,25)26)10-22-20(11)27-19-12(2)14(8-18(23)24)7-13-4-5-15(21)9-17(13)19/h4-7,9-10H,8H2,1-3H3,(H,23,24). The van der Waals surface area contributed by atoms with E-state index < -0.39 is 21.6 Å².